The van der Waals surface area contributed by atoms with Crippen molar-refractivity contribution in [2.45, 2.75) is 13.5 Å². The predicted molar refractivity (Wildman–Crippen MR) is 104 cm³/mol. The van der Waals surface area contributed by atoms with Crippen LogP contribution >= 0.6 is 11.3 Å². The molecule has 0 unspecified atom stereocenters. The Bertz CT molecular complexity index is 1050. The van der Waals surface area contributed by atoms with Gasteiger partial charge in [-0.15, -0.1) is 11.3 Å². The number of hydrogen-bond donors (Lipinski definition) is 3. The summed E-state index contributed by atoms with van der Waals surface area (Å²) in [4.78, 5) is 24.2. The molecule has 130 valence electrons. The van der Waals surface area contributed by atoms with Crippen molar-refractivity contribution in [3.63, 3.8) is 0 Å². The summed E-state index contributed by atoms with van der Waals surface area (Å²) >= 11 is 1.52. The van der Waals surface area contributed by atoms with Gasteiger partial charge in [0.25, 0.3) is 0 Å². The zero-order valence-corrected chi connectivity index (χ0v) is 14.9. The van der Waals surface area contributed by atoms with Crippen LogP contribution in [-0.4, -0.2) is 21.0 Å². The van der Waals surface area contributed by atoms with Crippen molar-refractivity contribution in [2.24, 2.45) is 0 Å². The number of carbonyl (C=O) groups is 1. The summed E-state index contributed by atoms with van der Waals surface area (Å²) < 4.78 is 0. The molecule has 4 rings (SSSR count). The number of nitrogens with one attached hydrogen (secondary N) is 3. The van der Waals surface area contributed by atoms with E-state index in [0.717, 1.165) is 33.7 Å². The van der Waals surface area contributed by atoms with Crippen LogP contribution in [0.1, 0.15) is 11.1 Å². The number of amides is 2. The Hall–Kier alpha value is -3.19. The predicted octanol–water partition coefficient (Wildman–Crippen LogP) is 4.32. The number of benzene rings is 2. The Morgan fingerprint density at radius 3 is 2.92 bits per heavy atom. The summed E-state index contributed by atoms with van der Waals surface area (Å²) in [6.07, 6.45) is 0. The van der Waals surface area contributed by atoms with Crippen LogP contribution in [-0.2, 0) is 6.54 Å². The average molecular weight is 363 g/mol. The van der Waals surface area contributed by atoms with Crippen LogP contribution in [0.25, 0.3) is 22.6 Å². The van der Waals surface area contributed by atoms with Crippen LogP contribution in [0.3, 0.4) is 0 Å². The molecule has 0 saturated carbocycles. The monoisotopic (exact) mass is 363 g/mol. The van der Waals surface area contributed by atoms with Crippen LogP contribution in [0.4, 0.5) is 10.5 Å². The molecule has 2 heterocycles. The van der Waals surface area contributed by atoms with Crippen LogP contribution < -0.4 is 10.6 Å². The molecule has 0 bridgehead atoms. The van der Waals surface area contributed by atoms with Crippen molar-refractivity contribution in [3.05, 3.63) is 64.5 Å². The fourth-order valence-electron chi connectivity index (χ4n) is 2.70. The minimum atomic E-state index is -0.244. The van der Waals surface area contributed by atoms with Gasteiger partial charge in [0.1, 0.15) is 5.69 Å². The number of imidazole rings is 1. The van der Waals surface area contributed by atoms with Gasteiger partial charge in [-0.25, -0.2) is 14.8 Å². The number of thiazole rings is 1. The maximum atomic E-state index is 12.2. The number of fused-ring (bicyclic) bond motifs is 1. The summed E-state index contributed by atoms with van der Waals surface area (Å²) in [5.74, 6) is 0.724. The van der Waals surface area contributed by atoms with Crippen LogP contribution in [0.15, 0.2) is 53.4 Å². The van der Waals surface area contributed by atoms with E-state index in [4.69, 9.17) is 0 Å². The second-order valence-corrected chi connectivity index (χ2v) is 6.64. The maximum Gasteiger partial charge on any atom is 0.319 e. The molecule has 0 fully saturated rings. The number of nitrogens with zero attached hydrogens (tertiary/aromatic N) is 2. The van der Waals surface area contributed by atoms with E-state index in [1.54, 1.807) is 5.51 Å². The van der Waals surface area contributed by atoms with E-state index >= 15 is 0 Å². The fraction of sp³-hybridized carbons (Fsp3) is 0.105. The topological polar surface area (TPSA) is 82.7 Å². The number of carbonyl (C=O) groups excluding carboxylic acids is 1. The van der Waals surface area contributed by atoms with Crippen molar-refractivity contribution in [3.8, 4) is 11.5 Å². The van der Waals surface area contributed by atoms with E-state index in [1.807, 2.05) is 54.8 Å². The Morgan fingerprint density at radius 1 is 1.23 bits per heavy atom. The molecule has 4 aromatic rings. The number of urea groups is 1. The summed E-state index contributed by atoms with van der Waals surface area (Å²) in [5, 5.41) is 7.68. The lowest BCUT2D eigenvalue weighted by molar-refractivity contribution is 0.251. The molecule has 0 aliphatic rings. The highest BCUT2D eigenvalue weighted by Gasteiger charge is 2.09. The largest absolute Gasteiger partial charge is 0.337 e. The van der Waals surface area contributed by atoms with Crippen molar-refractivity contribution in [1.29, 1.82) is 0 Å². The first-order chi connectivity index (χ1) is 12.7. The second kappa shape index (κ2) is 6.97. The van der Waals surface area contributed by atoms with Crippen LogP contribution in [0, 0.1) is 6.92 Å². The third-order valence-corrected chi connectivity index (χ3v) is 4.70. The number of anilines is 1. The number of hydrogen-bond acceptors (Lipinski definition) is 4. The van der Waals surface area contributed by atoms with Crippen molar-refractivity contribution < 1.29 is 4.79 Å². The van der Waals surface area contributed by atoms with Gasteiger partial charge in [0.2, 0.25) is 0 Å². The first-order valence-electron chi connectivity index (χ1n) is 8.17. The van der Waals surface area contributed by atoms with Gasteiger partial charge >= 0.3 is 6.03 Å². The van der Waals surface area contributed by atoms with Gasteiger partial charge in [-0.05, 0) is 36.2 Å². The Kier molecular flexibility index (Phi) is 4.37. The van der Waals surface area contributed by atoms with Gasteiger partial charge in [-0.2, -0.15) is 0 Å². The standard InChI is InChI=1S/C19H17N5OS/c1-12-4-2-3-5-13(12)9-20-19(25)22-14-6-7-15-16(8-14)24-18(23-15)17-10-26-11-21-17/h2-8,10-11H,9H2,1H3,(H,23,24)(H2,20,22,25). The van der Waals surface area contributed by atoms with Gasteiger partial charge in [0.05, 0.1) is 16.5 Å². The number of aryl methyl sites for hydroxylation is 1. The molecule has 2 aromatic carbocycles. The lowest BCUT2D eigenvalue weighted by Crippen LogP contribution is -2.28. The quantitative estimate of drug-likeness (QED) is 0.505. The molecule has 0 saturated heterocycles. The van der Waals surface area contributed by atoms with Gasteiger partial charge < -0.3 is 15.6 Å². The zero-order valence-electron chi connectivity index (χ0n) is 14.1. The fourth-order valence-corrected chi connectivity index (χ4v) is 3.23. The molecule has 0 spiro atoms. The molecule has 0 radical (unpaired) electrons. The molecule has 3 N–H and O–H groups in total. The smallest absolute Gasteiger partial charge is 0.319 e. The normalized spacial score (nSPS) is 10.8. The molecule has 2 aromatic heterocycles. The molecule has 26 heavy (non-hydrogen) atoms. The van der Waals surface area contributed by atoms with Crippen molar-refractivity contribution in [1.82, 2.24) is 20.3 Å². The van der Waals surface area contributed by atoms with Gasteiger partial charge in [-0.3, -0.25) is 0 Å². The molecular formula is C19H17N5OS. The SMILES string of the molecule is Cc1ccccc1CNC(=O)Nc1ccc2nc(-c3cscn3)[nH]c2c1. The number of rotatable bonds is 4. The first kappa shape index (κ1) is 16.3. The van der Waals surface area contributed by atoms with E-state index in [9.17, 15) is 4.79 Å². The second-order valence-electron chi connectivity index (χ2n) is 5.93. The van der Waals surface area contributed by atoms with Gasteiger partial charge in [0.15, 0.2) is 5.82 Å². The van der Waals surface area contributed by atoms with Gasteiger partial charge in [-0.1, -0.05) is 24.3 Å². The molecule has 2 amide bonds. The van der Waals surface area contributed by atoms with Gasteiger partial charge in [0, 0.05) is 17.6 Å². The van der Waals surface area contributed by atoms with Crippen molar-refractivity contribution >= 4 is 34.1 Å². The summed E-state index contributed by atoms with van der Waals surface area (Å²) in [5.41, 5.74) is 7.23. The van der Waals surface area contributed by atoms with Crippen LogP contribution in [0.5, 0.6) is 0 Å². The molecular weight excluding hydrogens is 346 g/mol. The lowest BCUT2D eigenvalue weighted by Gasteiger charge is -2.09. The number of aromatic nitrogens is 3. The van der Waals surface area contributed by atoms with E-state index in [0.29, 0.717) is 12.2 Å². The van der Waals surface area contributed by atoms with Crippen molar-refractivity contribution in [2.75, 3.05) is 5.32 Å². The highest BCUT2D eigenvalue weighted by atomic mass is 32.1. The van der Waals surface area contributed by atoms with E-state index in [2.05, 4.69) is 25.6 Å². The maximum absolute atomic E-state index is 12.2. The minimum absolute atomic E-state index is 0.244. The van der Waals surface area contributed by atoms with E-state index in [-0.39, 0.29) is 6.03 Å². The Morgan fingerprint density at radius 2 is 2.12 bits per heavy atom. The Labute approximate surface area is 154 Å². The summed E-state index contributed by atoms with van der Waals surface area (Å²) in [6, 6.07) is 13.3. The molecule has 0 atom stereocenters. The number of aromatic amines is 1. The average Bonchev–Trinajstić information content (AvgIpc) is 3.30. The van der Waals surface area contributed by atoms with E-state index < -0.39 is 0 Å². The van der Waals surface area contributed by atoms with Crippen LogP contribution in [0.2, 0.25) is 0 Å². The zero-order chi connectivity index (χ0) is 17.9. The molecule has 6 nitrogen and oxygen atoms in total. The Balaban J connectivity index is 1.45. The lowest BCUT2D eigenvalue weighted by atomic mass is 10.1. The highest BCUT2D eigenvalue weighted by molar-refractivity contribution is 7.07. The molecule has 7 heteroatoms. The van der Waals surface area contributed by atoms with E-state index in [1.165, 1.54) is 11.3 Å². The number of H-pyrrole nitrogens is 1. The third-order valence-electron chi connectivity index (χ3n) is 4.12. The highest BCUT2D eigenvalue weighted by Crippen LogP contribution is 2.22. The minimum Gasteiger partial charge on any atom is -0.337 e. The first-order valence-corrected chi connectivity index (χ1v) is 9.11. The summed E-state index contributed by atoms with van der Waals surface area (Å²) in [6.45, 7) is 2.51. The summed E-state index contributed by atoms with van der Waals surface area (Å²) in [7, 11) is 0. The third kappa shape index (κ3) is 3.43. The molecule has 0 aliphatic heterocycles. The molecule has 0 aliphatic carbocycles.